The van der Waals surface area contributed by atoms with Crippen LogP contribution in [0, 0.1) is 10.5 Å². The summed E-state index contributed by atoms with van der Waals surface area (Å²) in [5.74, 6) is -0.464. The van der Waals surface area contributed by atoms with E-state index < -0.39 is 23.7 Å². The minimum Gasteiger partial charge on any atom is -0.461 e. The van der Waals surface area contributed by atoms with Crippen LogP contribution in [0.2, 0.25) is 0 Å². The molecule has 1 amide bonds. The highest BCUT2D eigenvalue weighted by molar-refractivity contribution is 14.1. The van der Waals surface area contributed by atoms with E-state index in [1.165, 1.54) is 0 Å². The van der Waals surface area contributed by atoms with E-state index in [1.54, 1.807) is 34.6 Å². The Kier molecular flexibility index (Phi) is 7.51. The standard InChI is InChI=1S/C18H26INO4/c1-11(2)23-16(21)15(20-17(22)24-18(4,5)6)10-13-8-7-9-14(19)12(13)3/h7-9,11,15H,10H2,1-6H3,(H,20,22)/t15-/m1/s1. The molecule has 0 heterocycles. The Morgan fingerprint density at radius 2 is 1.88 bits per heavy atom. The highest BCUT2D eigenvalue weighted by atomic mass is 127. The summed E-state index contributed by atoms with van der Waals surface area (Å²) in [6.45, 7) is 10.9. The summed E-state index contributed by atoms with van der Waals surface area (Å²) in [6, 6.07) is 5.09. The molecule has 0 aliphatic rings. The highest BCUT2D eigenvalue weighted by Crippen LogP contribution is 2.18. The number of carbonyl (C=O) groups excluding carboxylic acids is 2. The number of hydrogen-bond acceptors (Lipinski definition) is 4. The minimum absolute atomic E-state index is 0.252. The Bertz CT molecular complexity index is 593. The average molecular weight is 447 g/mol. The maximum absolute atomic E-state index is 12.4. The van der Waals surface area contributed by atoms with Crippen LogP contribution in [0.5, 0.6) is 0 Å². The number of benzene rings is 1. The largest absolute Gasteiger partial charge is 0.461 e. The van der Waals surface area contributed by atoms with Crippen LogP contribution < -0.4 is 5.32 Å². The molecule has 1 N–H and O–H groups in total. The fourth-order valence-corrected chi connectivity index (χ4v) is 2.60. The van der Waals surface area contributed by atoms with Crippen molar-refractivity contribution in [1.29, 1.82) is 0 Å². The molecule has 0 aromatic heterocycles. The molecule has 0 unspecified atom stereocenters. The zero-order valence-electron chi connectivity index (χ0n) is 15.1. The fraction of sp³-hybridized carbons (Fsp3) is 0.556. The zero-order valence-corrected chi connectivity index (χ0v) is 17.3. The molecule has 0 aliphatic heterocycles. The highest BCUT2D eigenvalue weighted by Gasteiger charge is 2.27. The number of ether oxygens (including phenoxy) is 2. The number of alkyl carbamates (subject to hydrolysis) is 1. The first-order valence-electron chi connectivity index (χ1n) is 7.93. The van der Waals surface area contributed by atoms with Gasteiger partial charge in [0, 0.05) is 9.99 Å². The first kappa shape index (κ1) is 20.7. The molecule has 0 saturated heterocycles. The van der Waals surface area contributed by atoms with E-state index in [9.17, 15) is 9.59 Å². The van der Waals surface area contributed by atoms with Crippen molar-refractivity contribution in [2.45, 2.75) is 65.7 Å². The van der Waals surface area contributed by atoms with Crippen molar-refractivity contribution in [3.63, 3.8) is 0 Å². The third-order valence-corrected chi connectivity index (χ3v) is 4.30. The Labute approximate surface area is 157 Å². The van der Waals surface area contributed by atoms with Crippen LogP contribution in [-0.4, -0.2) is 29.8 Å². The monoisotopic (exact) mass is 447 g/mol. The smallest absolute Gasteiger partial charge is 0.408 e. The lowest BCUT2D eigenvalue weighted by atomic mass is 10.0. The number of nitrogens with one attached hydrogen (secondary N) is 1. The van der Waals surface area contributed by atoms with E-state index in [0.29, 0.717) is 6.42 Å². The van der Waals surface area contributed by atoms with Crippen LogP contribution in [0.15, 0.2) is 18.2 Å². The summed E-state index contributed by atoms with van der Waals surface area (Å²) >= 11 is 2.25. The summed E-state index contributed by atoms with van der Waals surface area (Å²) in [5.41, 5.74) is 1.45. The van der Waals surface area contributed by atoms with E-state index in [1.807, 2.05) is 25.1 Å². The molecule has 1 atom stereocenters. The van der Waals surface area contributed by atoms with Crippen LogP contribution in [0.25, 0.3) is 0 Å². The number of rotatable bonds is 5. The van der Waals surface area contributed by atoms with Crippen LogP contribution in [-0.2, 0) is 20.7 Å². The number of carbonyl (C=O) groups is 2. The van der Waals surface area contributed by atoms with Gasteiger partial charge in [-0.25, -0.2) is 9.59 Å². The van der Waals surface area contributed by atoms with Gasteiger partial charge in [0.1, 0.15) is 11.6 Å². The van der Waals surface area contributed by atoms with Crippen molar-refractivity contribution in [2.75, 3.05) is 0 Å². The van der Waals surface area contributed by atoms with Gasteiger partial charge in [0.15, 0.2) is 0 Å². The van der Waals surface area contributed by atoms with Gasteiger partial charge in [-0.2, -0.15) is 0 Å². The molecule has 0 aliphatic carbocycles. The predicted octanol–water partition coefficient (Wildman–Crippen LogP) is 3.99. The molecule has 0 radical (unpaired) electrons. The summed E-state index contributed by atoms with van der Waals surface area (Å²) in [7, 11) is 0. The second-order valence-corrected chi connectivity index (χ2v) is 8.07. The fourth-order valence-electron chi connectivity index (χ4n) is 2.05. The SMILES string of the molecule is Cc1c(I)cccc1C[C@@H](NC(=O)OC(C)(C)C)C(=O)OC(C)C. The van der Waals surface area contributed by atoms with Gasteiger partial charge in [0.25, 0.3) is 0 Å². The Morgan fingerprint density at radius 1 is 1.25 bits per heavy atom. The average Bonchev–Trinajstić information content (AvgIpc) is 2.40. The second kappa shape index (κ2) is 8.69. The number of halogens is 1. The first-order valence-corrected chi connectivity index (χ1v) is 9.01. The van der Waals surface area contributed by atoms with Gasteiger partial charge in [-0.3, -0.25) is 0 Å². The van der Waals surface area contributed by atoms with E-state index in [2.05, 4.69) is 27.9 Å². The lowest BCUT2D eigenvalue weighted by Gasteiger charge is -2.24. The molecule has 0 saturated carbocycles. The van der Waals surface area contributed by atoms with E-state index in [4.69, 9.17) is 9.47 Å². The summed E-state index contributed by atoms with van der Waals surface area (Å²) in [6.07, 6.45) is -0.526. The van der Waals surface area contributed by atoms with Gasteiger partial charge in [-0.05, 0) is 81.3 Å². The van der Waals surface area contributed by atoms with Crippen molar-refractivity contribution in [3.05, 3.63) is 32.9 Å². The van der Waals surface area contributed by atoms with E-state index in [-0.39, 0.29) is 6.10 Å². The van der Waals surface area contributed by atoms with Crippen LogP contribution in [0.1, 0.15) is 45.7 Å². The molecule has 5 nitrogen and oxygen atoms in total. The van der Waals surface area contributed by atoms with E-state index >= 15 is 0 Å². The second-order valence-electron chi connectivity index (χ2n) is 6.91. The molecule has 0 spiro atoms. The van der Waals surface area contributed by atoms with Crippen molar-refractivity contribution >= 4 is 34.7 Å². The molecule has 0 fully saturated rings. The molecular weight excluding hydrogens is 421 g/mol. The molecule has 1 aromatic carbocycles. The van der Waals surface area contributed by atoms with Gasteiger partial charge >= 0.3 is 12.1 Å². The lowest BCUT2D eigenvalue weighted by molar-refractivity contribution is -0.149. The van der Waals surface area contributed by atoms with Gasteiger partial charge < -0.3 is 14.8 Å². The molecule has 6 heteroatoms. The predicted molar refractivity (Wildman–Crippen MR) is 102 cm³/mol. The van der Waals surface area contributed by atoms with Gasteiger partial charge in [-0.15, -0.1) is 0 Å². The number of esters is 1. The topological polar surface area (TPSA) is 64.6 Å². The Balaban J connectivity index is 2.95. The van der Waals surface area contributed by atoms with Crippen LogP contribution in [0.4, 0.5) is 4.79 Å². The Morgan fingerprint density at radius 3 is 2.42 bits per heavy atom. The lowest BCUT2D eigenvalue weighted by Crippen LogP contribution is -2.46. The summed E-state index contributed by atoms with van der Waals surface area (Å²) < 4.78 is 11.6. The quantitative estimate of drug-likeness (QED) is 0.548. The van der Waals surface area contributed by atoms with Gasteiger partial charge in [0.05, 0.1) is 6.10 Å². The maximum Gasteiger partial charge on any atom is 0.408 e. The molecule has 24 heavy (non-hydrogen) atoms. The molecule has 0 bridgehead atoms. The van der Waals surface area contributed by atoms with Gasteiger partial charge in [-0.1, -0.05) is 12.1 Å². The van der Waals surface area contributed by atoms with Gasteiger partial charge in [0.2, 0.25) is 0 Å². The van der Waals surface area contributed by atoms with Crippen molar-refractivity contribution < 1.29 is 19.1 Å². The minimum atomic E-state index is -0.792. The third-order valence-electron chi connectivity index (χ3n) is 3.13. The number of amides is 1. The van der Waals surface area contributed by atoms with Crippen LogP contribution >= 0.6 is 22.6 Å². The van der Waals surface area contributed by atoms with Crippen molar-refractivity contribution in [3.8, 4) is 0 Å². The molecule has 134 valence electrons. The van der Waals surface area contributed by atoms with Crippen molar-refractivity contribution in [1.82, 2.24) is 5.32 Å². The number of hydrogen-bond donors (Lipinski definition) is 1. The normalized spacial score (nSPS) is 12.7. The molecule has 1 aromatic rings. The summed E-state index contributed by atoms with van der Waals surface area (Å²) in [4.78, 5) is 24.4. The maximum atomic E-state index is 12.4. The third kappa shape index (κ3) is 7.07. The molecule has 1 rings (SSSR count). The van der Waals surface area contributed by atoms with Crippen LogP contribution in [0.3, 0.4) is 0 Å². The first-order chi connectivity index (χ1) is 11.0. The zero-order chi connectivity index (χ0) is 18.5. The Hall–Kier alpha value is -1.31. The summed E-state index contributed by atoms with van der Waals surface area (Å²) in [5, 5.41) is 2.64. The molecular formula is C18H26INO4. The van der Waals surface area contributed by atoms with E-state index in [0.717, 1.165) is 14.7 Å². The van der Waals surface area contributed by atoms with Crippen molar-refractivity contribution in [2.24, 2.45) is 0 Å².